The highest BCUT2D eigenvalue weighted by Gasteiger charge is 2.35. The van der Waals surface area contributed by atoms with Crippen molar-refractivity contribution in [1.82, 2.24) is 9.88 Å². The lowest BCUT2D eigenvalue weighted by Gasteiger charge is -2.21. The van der Waals surface area contributed by atoms with E-state index in [0.29, 0.717) is 25.3 Å². The first kappa shape index (κ1) is 21.5. The summed E-state index contributed by atoms with van der Waals surface area (Å²) in [4.78, 5) is 29.8. The van der Waals surface area contributed by atoms with Crippen molar-refractivity contribution in [2.45, 2.75) is 32.4 Å². The van der Waals surface area contributed by atoms with Gasteiger partial charge in [0.15, 0.2) is 0 Å². The van der Waals surface area contributed by atoms with Crippen molar-refractivity contribution in [3.63, 3.8) is 0 Å². The number of methoxy groups -OCH3 is 1. The highest BCUT2D eigenvalue weighted by atomic mass is 19.1. The Balaban J connectivity index is 1.64. The van der Waals surface area contributed by atoms with Crippen LogP contribution < -0.4 is 15.4 Å². The van der Waals surface area contributed by atoms with E-state index in [1.165, 1.54) is 31.3 Å². The maximum absolute atomic E-state index is 14.1. The second-order valence-electron chi connectivity index (χ2n) is 7.20. The van der Waals surface area contributed by atoms with Crippen LogP contribution >= 0.6 is 0 Å². The highest BCUT2D eigenvalue weighted by Crippen LogP contribution is 2.26. The van der Waals surface area contributed by atoms with Crippen molar-refractivity contribution in [3.05, 3.63) is 48.0 Å². The van der Waals surface area contributed by atoms with Gasteiger partial charge in [0.25, 0.3) is 0 Å². The first-order valence-electron chi connectivity index (χ1n) is 9.58. The molecule has 8 nitrogen and oxygen atoms in total. The van der Waals surface area contributed by atoms with E-state index < -0.39 is 11.8 Å². The minimum atomic E-state index is -0.547. The number of carbonyl (C=O) groups is 2. The molecule has 2 N–H and O–H groups in total. The van der Waals surface area contributed by atoms with Crippen LogP contribution in [0.3, 0.4) is 0 Å². The number of amides is 3. The van der Waals surface area contributed by atoms with E-state index >= 15 is 0 Å². The molecular weight excluding hydrogens is 391 g/mol. The summed E-state index contributed by atoms with van der Waals surface area (Å²) < 4.78 is 25.1. The summed E-state index contributed by atoms with van der Waals surface area (Å²) in [6, 6.07) is 6.86. The third-order valence-corrected chi connectivity index (χ3v) is 4.74. The van der Waals surface area contributed by atoms with Gasteiger partial charge in [-0.3, -0.25) is 9.78 Å². The summed E-state index contributed by atoms with van der Waals surface area (Å²) >= 11 is 0. The van der Waals surface area contributed by atoms with Gasteiger partial charge in [0, 0.05) is 44.0 Å². The quantitative estimate of drug-likeness (QED) is 0.755. The van der Waals surface area contributed by atoms with E-state index in [-0.39, 0.29) is 29.5 Å². The number of halogens is 1. The number of carbonyl (C=O) groups excluding carboxylic acids is 2. The lowest BCUT2D eigenvalue weighted by atomic mass is 10.2. The summed E-state index contributed by atoms with van der Waals surface area (Å²) in [6.45, 7) is 4.14. The molecule has 0 spiro atoms. The molecule has 2 heterocycles. The zero-order chi connectivity index (χ0) is 21.7. The molecule has 3 amide bonds. The number of ether oxygens (including phenoxy) is 2. The molecule has 2 atom stereocenters. The summed E-state index contributed by atoms with van der Waals surface area (Å²) in [5.74, 6) is -0.337. The Morgan fingerprint density at radius 2 is 2.00 bits per heavy atom. The Morgan fingerprint density at radius 1 is 1.23 bits per heavy atom. The summed E-state index contributed by atoms with van der Waals surface area (Å²) in [6.07, 6.45) is 1.82. The second-order valence-corrected chi connectivity index (χ2v) is 7.20. The molecule has 0 saturated carbocycles. The van der Waals surface area contributed by atoms with Gasteiger partial charge in [-0.25, -0.2) is 9.18 Å². The van der Waals surface area contributed by atoms with E-state index in [1.807, 2.05) is 6.92 Å². The number of hydrogen-bond donors (Lipinski definition) is 2. The van der Waals surface area contributed by atoms with Crippen molar-refractivity contribution < 1.29 is 23.5 Å². The Labute approximate surface area is 174 Å². The van der Waals surface area contributed by atoms with E-state index in [1.54, 1.807) is 24.1 Å². The molecule has 0 aliphatic carbocycles. The van der Waals surface area contributed by atoms with Crippen molar-refractivity contribution in [2.75, 3.05) is 30.9 Å². The Kier molecular flexibility index (Phi) is 6.83. The number of likely N-dealkylation sites (tertiary alicyclic amines) is 1. The lowest BCUT2D eigenvalue weighted by Crippen LogP contribution is -2.36. The largest absolute Gasteiger partial charge is 0.488 e. The molecule has 1 fully saturated rings. The van der Waals surface area contributed by atoms with Crippen LogP contribution in [0.25, 0.3) is 0 Å². The minimum Gasteiger partial charge on any atom is -0.488 e. The molecule has 1 aliphatic rings. The molecule has 1 aromatic carbocycles. The number of rotatable bonds is 6. The number of aromatic nitrogens is 1. The van der Waals surface area contributed by atoms with Gasteiger partial charge in [0.1, 0.15) is 17.7 Å². The van der Waals surface area contributed by atoms with Crippen LogP contribution in [0.1, 0.15) is 19.0 Å². The van der Waals surface area contributed by atoms with Crippen molar-refractivity contribution in [1.29, 1.82) is 0 Å². The standard InChI is InChI=1S/C21H25FN4O4/c1-13-4-5-16(10-23-13)24-21(28)25-17-6-15(22)7-19(8-17)30-20-9-18(12-29-3)26(11-20)14(2)27/h4-8,10,18,20H,9,11-12H2,1-3H3,(H2,24,25,28)/t18-,20+/m0/s1. The molecule has 30 heavy (non-hydrogen) atoms. The molecule has 0 radical (unpaired) electrons. The van der Waals surface area contributed by atoms with Crippen LogP contribution in [0.15, 0.2) is 36.5 Å². The summed E-state index contributed by atoms with van der Waals surface area (Å²) in [5, 5.41) is 5.22. The number of aryl methyl sites for hydroxylation is 1. The van der Waals surface area contributed by atoms with Crippen LogP contribution in [0.4, 0.5) is 20.6 Å². The van der Waals surface area contributed by atoms with Gasteiger partial charge in [-0.15, -0.1) is 0 Å². The number of hydrogen-bond acceptors (Lipinski definition) is 5. The van der Waals surface area contributed by atoms with E-state index in [4.69, 9.17) is 9.47 Å². The van der Waals surface area contributed by atoms with Crippen molar-refractivity contribution >= 4 is 23.3 Å². The molecule has 2 aromatic rings. The fourth-order valence-corrected chi connectivity index (χ4v) is 3.43. The first-order valence-corrected chi connectivity index (χ1v) is 9.58. The van der Waals surface area contributed by atoms with Gasteiger partial charge >= 0.3 is 6.03 Å². The normalized spacial score (nSPS) is 18.2. The number of nitrogens with one attached hydrogen (secondary N) is 2. The summed E-state index contributed by atoms with van der Waals surface area (Å²) in [5.41, 5.74) is 1.60. The Hall–Kier alpha value is -3.20. The van der Waals surface area contributed by atoms with Gasteiger partial charge < -0.3 is 25.0 Å². The topological polar surface area (TPSA) is 92.8 Å². The number of benzene rings is 1. The number of urea groups is 1. The summed E-state index contributed by atoms with van der Waals surface area (Å²) in [7, 11) is 1.58. The Bertz CT molecular complexity index is 906. The maximum Gasteiger partial charge on any atom is 0.323 e. The van der Waals surface area contributed by atoms with Crippen LogP contribution in [-0.2, 0) is 9.53 Å². The van der Waals surface area contributed by atoms with Crippen molar-refractivity contribution in [3.8, 4) is 5.75 Å². The average molecular weight is 416 g/mol. The fraction of sp³-hybridized carbons (Fsp3) is 0.381. The molecule has 160 valence electrons. The van der Waals surface area contributed by atoms with Gasteiger partial charge in [0.05, 0.1) is 31.1 Å². The third kappa shape index (κ3) is 5.66. The minimum absolute atomic E-state index is 0.0629. The number of nitrogens with zero attached hydrogens (tertiary/aromatic N) is 2. The predicted octanol–water partition coefficient (Wildman–Crippen LogP) is 3.19. The molecular formula is C21H25FN4O4. The zero-order valence-corrected chi connectivity index (χ0v) is 17.1. The molecule has 1 aliphatic heterocycles. The predicted molar refractivity (Wildman–Crippen MR) is 110 cm³/mol. The molecule has 0 unspecified atom stereocenters. The van der Waals surface area contributed by atoms with Gasteiger partial charge in [-0.1, -0.05) is 0 Å². The van der Waals surface area contributed by atoms with E-state index in [0.717, 1.165) is 5.69 Å². The monoisotopic (exact) mass is 416 g/mol. The molecule has 3 rings (SSSR count). The van der Waals surface area contributed by atoms with Crippen LogP contribution in [-0.4, -0.2) is 54.2 Å². The lowest BCUT2D eigenvalue weighted by molar-refractivity contribution is -0.130. The van der Waals surface area contributed by atoms with Crippen LogP contribution in [0.5, 0.6) is 5.75 Å². The average Bonchev–Trinajstić information content (AvgIpc) is 3.06. The van der Waals surface area contributed by atoms with Gasteiger partial charge in [-0.05, 0) is 25.1 Å². The van der Waals surface area contributed by atoms with Gasteiger partial charge in [-0.2, -0.15) is 0 Å². The molecule has 1 saturated heterocycles. The highest BCUT2D eigenvalue weighted by molar-refractivity contribution is 5.99. The third-order valence-electron chi connectivity index (χ3n) is 4.74. The maximum atomic E-state index is 14.1. The number of anilines is 2. The van der Waals surface area contributed by atoms with Crippen molar-refractivity contribution in [2.24, 2.45) is 0 Å². The zero-order valence-electron chi connectivity index (χ0n) is 17.1. The molecule has 9 heteroatoms. The smallest absolute Gasteiger partial charge is 0.323 e. The second kappa shape index (κ2) is 9.53. The van der Waals surface area contributed by atoms with Crippen LogP contribution in [0.2, 0.25) is 0 Å². The fourth-order valence-electron chi connectivity index (χ4n) is 3.43. The molecule has 1 aromatic heterocycles. The SMILES string of the molecule is COC[C@@H]1C[C@@H](Oc2cc(F)cc(NC(=O)Nc3ccc(C)nc3)c2)CN1C(C)=O. The van der Waals surface area contributed by atoms with Crippen LogP contribution in [0, 0.1) is 12.7 Å². The van der Waals surface area contributed by atoms with E-state index in [9.17, 15) is 14.0 Å². The number of pyridine rings is 1. The molecule has 0 bridgehead atoms. The first-order chi connectivity index (χ1) is 14.3. The Morgan fingerprint density at radius 3 is 2.67 bits per heavy atom. The van der Waals surface area contributed by atoms with E-state index in [2.05, 4.69) is 15.6 Å². The van der Waals surface area contributed by atoms with Gasteiger partial charge in [0.2, 0.25) is 5.91 Å².